The van der Waals surface area contributed by atoms with Gasteiger partial charge < -0.3 is 4.90 Å². The Balaban J connectivity index is 3.31. The van der Waals surface area contributed by atoms with E-state index in [-0.39, 0.29) is 0 Å². The maximum atomic E-state index is 6.31. The fraction of sp³-hybridized carbons (Fsp3) is 0.400. The maximum absolute atomic E-state index is 6.31. The summed E-state index contributed by atoms with van der Waals surface area (Å²) in [5.74, 6) is 0. The Labute approximate surface area is 43.9 Å². The van der Waals surface area contributed by atoms with Crippen LogP contribution in [-0.2, 0) is 0 Å². The fourth-order valence-corrected chi connectivity index (χ4v) is 0.167. The van der Waals surface area contributed by atoms with Crippen molar-refractivity contribution < 1.29 is 0 Å². The molecule has 0 rings (SSSR count). The zero-order valence-electron chi connectivity index (χ0n) is 4.55. The zero-order chi connectivity index (χ0) is 5.70. The first kappa shape index (κ1) is 6.03. The van der Waals surface area contributed by atoms with Crippen LogP contribution in [0.1, 0.15) is 0 Å². The molecule has 0 spiro atoms. The van der Waals surface area contributed by atoms with Crippen LogP contribution < -0.4 is 0 Å². The highest BCUT2D eigenvalue weighted by Gasteiger charge is 1.68. The van der Waals surface area contributed by atoms with Crippen molar-refractivity contribution in [3.63, 3.8) is 0 Å². The molecule has 0 unspecified atom stereocenters. The van der Waals surface area contributed by atoms with Crippen LogP contribution in [0.5, 0.6) is 0 Å². The molecule has 0 aromatic rings. The van der Waals surface area contributed by atoms with Gasteiger partial charge in [-0.2, -0.15) is 0 Å². The molecule has 0 bridgehead atoms. The van der Waals surface area contributed by atoms with Gasteiger partial charge in [-0.15, -0.1) is 0 Å². The minimum absolute atomic E-state index is 1.42. The van der Waals surface area contributed by atoms with Crippen LogP contribution in [0.3, 0.4) is 0 Å². The average molecular weight is 96.1 g/mol. The van der Waals surface area contributed by atoms with E-state index in [2.05, 4.69) is 4.85 Å². The molecule has 0 aromatic heterocycles. The summed E-state index contributed by atoms with van der Waals surface area (Å²) in [5, 5.41) is 0. The Bertz CT molecular complexity index is 97.1. The van der Waals surface area contributed by atoms with E-state index in [1.54, 1.807) is 6.20 Å². The monoisotopic (exact) mass is 96.1 g/mol. The highest BCUT2D eigenvalue weighted by molar-refractivity contribution is 4.86. The van der Waals surface area contributed by atoms with Crippen molar-refractivity contribution in [2.75, 3.05) is 14.1 Å². The standard InChI is InChI=1S/C5H8N2/c1-6-4-5-7(2)3/h4-5H,2-3H3. The zero-order valence-corrected chi connectivity index (χ0v) is 4.55. The van der Waals surface area contributed by atoms with Gasteiger partial charge in [0.05, 0.1) is 6.57 Å². The summed E-state index contributed by atoms with van der Waals surface area (Å²) < 4.78 is 0. The van der Waals surface area contributed by atoms with Crippen molar-refractivity contribution in [1.82, 2.24) is 4.90 Å². The van der Waals surface area contributed by atoms with Gasteiger partial charge in [0.15, 0.2) is 6.20 Å². The molecule has 0 aliphatic carbocycles. The van der Waals surface area contributed by atoms with Crippen LogP contribution in [0.15, 0.2) is 12.4 Å². The molecular weight excluding hydrogens is 88.1 g/mol. The van der Waals surface area contributed by atoms with Gasteiger partial charge in [0.1, 0.15) is 0 Å². The summed E-state index contributed by atoms with van der Waals surface area (Å²) in [4.78, 5) is 4.82. The average Bonchev–Trinajstić information content (AvgIpc) is 1.61. The predicted molar refractivity (Wildman–Crippen MR) is 29.4 cm³/mol. The predicted octanol–water partition coefficient (Wildman–Crippen LogP) is 0.938. The molecule has 0 fully saturated rings. The summed E-state index contributed by atoms with van der Waals surface area (Å²) in [6.45, 7) is 6.31. The van der Waals surface area contributed by atoms with Gasteiger partial charge in [-0.1, -0.05) is 0 Å². The Morgan fingerprint density at radius 2 is 2.14 bits per heavy atom. The third kappa shape index (κ3) is 5.03. The van der Waals surface area contributed by atoms with Crippen molar-refractivity contribution in [3.05, 3.63) is 23.8 Å². The normalized spacial score (nSPS) is 8.71. The highest BCUT2D eigenvalue weighted by Crippen LogP contribution is 1.75. The second-order valence-corrected chi connectivity index (χ2v) is 1.39. The summed E-state index contributed by atoms with van der Waals surface area (Å²) in [7, 11) is 3.75. The lowest BCUT2D eigenvalue weighted by molar-refractivity contribution is 0.564. The fourth-order valence-electron chi connectivity index (χ4n) is 0.167. The molecule has 0 heterocycles. The molecule has 0 aliphatic rings. The summed E-state index contributed by atoms with van der Waals surface area (Å²) in [6, 6.07) is 0. The molecular formula is C5H8N2. The van der Waals surface area contributed by atoms with E-state index in [0.717, 1.165) is 0 Å². The first-order valence-electron chi connectivity index (χ1n) is 1.97. The van der Waals surface area contributed by atoms with Crippen molar-refractivity contribution in [1.29, 1.82) is 0 Å². The Hall–Kier alpha value is -0.970. The Morgan fingerprint density at radius 1 is 1.57 bits per heavy atom. The summed E-state index contributed by atoms with van der Waals surface area (Å²) in [5.41, 5.74) is 0. The van der Waals surface area contributed by atoms with Gasteiger partial charge in [-0.05, 0) is 6.20 Å². The quantitative estimate of drug-likeness (QED) is 0.441. The largest absolute Gasteiger partial charge is 0.393 e. The lowest BCUT2D eigenvalue weighted by atomic mass is 10.8. The van der Waals surface area contributed by atoms with Crippen molar-refractivity contribution in [2.24, 2.45) is 0 Å². The van der Waals surface area contributed by atoms with Crippen molar-refractivity contribution >= 4 is 0 Å². The lowest BCUT2D eigenvalue weighted by Crippen LogP contribution is -1.98. The first-order chi connectivity index (χ1) is 3.27. The third-order valence-corrected chi connectivity index (χ3v) is 0.439. The van der Waals surface area contributed by atoms with Gasteiger partial charge >= 0.3 is 0 Å². The van der Waals surface area contributed by atoms with Crippen LogP contribution in [0, 0.1) is 6.57 Å². The van der Waals surface area contributed by atoms with Crippen LogP contribution in [0.4, 0.5) is 0 Å². The summed E-state index contributed by atoms with van der Waals surface area (Å²) in [6.07, 6.45) is 3.12. The van der Waals surface area contributed by atoms with Crippen molar-refractivity contribution in [3.8, 4) is 0 Å². The second kappa shape index (κ2) is 3.23. The molecule has 2 heteroatoms. The van der Waals surface area contributed by atoms with E-state index >= 15 is 0 Å². The van der Waals surface area contributed by atoms with E-state index in [1.807, 2.05) is 19.0 Å². The van der Waals surface area contributed by atoms with E-state index in [9.17, 15) is 0 Å². The van der Waals surface area contributed by atoms with Crippen LogP contribution in [0.2, 0.25) is 0 Å². The topological polar surface area (TPSA) is 7.60 Å². The van der Waals surface area contributed by atoms with E-state index in [0.29, 0.717) is 0 Å². The van der Waals surface area contributed by atoms with Gasteiger partial charge in [-0.3, -0.25) is 0 Å². The minimum atomic E-state index is 1.42. The molecule has 0 aliphatic heterocycles. The molecule has 0 saturated carbocycles. The van der Waals surface area contributed by atoms with E-state index < -0.39 is 0 Å². The van der Waals surface area contributed by atoms with Gasteiger partial charge in [0.25, 0.3) is 0 Å². The van der Waals surface area contributed by atoms with Gasteiger partial charge in [-0.25, -0.2) is 4.85 Å². The van der Waals surface area contributed by atoms with Crippen LogP contribution >= 0.6 is 0 Å². The number of rotatable bonds is 1. The molecule has 0 aromatic carbocycles. The van der Waals surface area contributed by atoms with E-state index in [4.69, 9.17) is 6.57 Å². The number of nitrogens with zero attached hydrogens (tertiary/aromatic N) is 2. The molecule has 0 atom stereocenters. The van der Waals surface area contributed by atoms with Crippen LogP contribution in [-0.4, -0.2) is 19.0 Å². The molecule has 0 amide bonds. The van der Waals surface area contributed by atoms with E-state index in [1.165, 1.54) is 6.20 Å². The van der Waals surface area contributed by atoms with Gasteiger partial charge in [0.2, 0.25) is 0 Å². The lowest BCUT2D eigenvalue weighted by Gasteiger charge is -1.99. The first-order valence-corrected chi connectivity index (χ1v) is 1.97. The molecule has 2 nitrogen and oxygen atoms in total. The van der Waals surface area contributed by atoms with Crippen LogP contribution in [0.25, 0.3) is 4.85 Å². The highest BCUT2D eigenvalue weighted by atomic mass is 15.0. The second-order valence-electron chi connectivity index (χ2n) is 1.39. The molecule has 7 heavy (non-hydrogen) atoms. The molecule has 0 N–H and O–H groups in total. The van der Waals surface area contributed by atoms with Gasteiger partial charge in [0, 0.05) is 14.1 Å². The van der Waals surface area contributed by atoms with Crippen molar-refractivity contribution in [2.45, 2.75) is 0 Å². The molecule has 38 valence electrons. The molecule has 0 saturated heterocycles. The maximum Gasteiger partial charge on any atom is 0.169 e. The summed E-state index contributed by atoms with van der Waals surface area (Å²) >= 11 is 0. The Morgan fingerprint density at radius 3 is 2.29 bits per heavy atom. The molecule has 0 radical (unpaired) electrons. The third-order valence-electron chi connectivity index (χ3n) is 0.439. The minimum Gasteiger partial charge on any atom is -0.393 e. The smallest absolute Gasteiger partial charge is 0.169 e. The SMILES string of the molecule is [C-]#[N+]C=CN(C)C. The number of hydrogen-bond donors (Lipinski definition) is 0. The number of hydrogen-bond acceptors (Lipinski definition) is 1. The Kier molecular flexibility index (Phi) is 2.78.